The number of rotatable bonds is 1. The number of carbonyl (C=O) groups excluding carboxylic acids is 1. The number of nitrogens with zero attached hydrogens (tertiary/aromatic N) is 1. The first-order chi connectivity index (χ1) is 13.8. The molecule has 0 atom stereocenters. The summed E-state index contributed by atoms with van der Waals surface area (Å²) < 4.78 is 0. The van der Waals surface area contributed by atoms with Crippen molar-refractivity contribution in [3.63, 3.8) is 0 Å². The van der Waals surface area contributed by atoms with E-state index in [1.54, 1.807) is 26.8 Å². The SMILES string of the molecule is CC(C)(C)C(=O)Nc1nc2[nH]c(C#Cc3cccc4ccccc34)cc2c(=O)[nH]1. The minimum Gasteiger partial charge on any atom is -0.332 e. The molecule has 1 amide bonds. The maximum atomic E-state index is 12.4. The quantitative estimate of drug-likeness (QED) is 0.436. The Morgan fingerprint density at radius 2 is 1.76 bits per heavy atom. The molecule has 6 heteroatoms. The summed E-state index contributed by atoms with van der Waals surface area (Å²) in [7, 11) is 0. The van der Waals surface area contributed by atoms with E-state index in [4.69, 9.17) is 0 Å². The summed E-state index contributed by atoms with van der Waals surface area (Å²) in [6.07, 6.45) is 0. The number of benzene rings is 2. The molecule has 0 aliphatic heterocycles. The molecule has 0 saturated carbocycles. The molecule has 0 aliphatic carbocycles. The van der Waals surface area contributed by atoms with Gasteiger partial charge in [-0.3, -0.25) is 19.9 Å². The maximum Gasteiger partial charge on any atom is 0.261 e. The Kier molecular flexibility index (Phi) is 4.44. The minimum atomic E-state index is -0.599. The van der Waals surface area contributed by atoms with Crippen LogP contribution in [0.4, 0.5) is 5.95 Å². The van der Waals surface area contributed by atoms with Gasteiger partial charge in [-0.25, -0.2) is 0 Å². The van der Waals surface area contributed by atoms with E-state index >= 15 is 0 Å². The lowest BCUT2D eigenvalue weighted by atomic mass is 9.96. The average molecular weight is 384 g/mol. The van der Waals surface area contributed by atoms with Gasteiger partial charge in [0.05, 0.1) is 11.1 Å². The van der Waals surface area contributed by atoms with Crippen molar-refractivity contribution in [2.75, 3.05) is 5.32 Å². The summed E-state index contributed by atoms with van der Waals surface area (Å²) in [6, 6.07) is 15.7. The standard InChI is InChI=1S/C23H20N4O2/c1-23(2,3)21(29)27-22-25-19-18(20(28)26-22)13-16(24-19)12-11-15-9-6-8-14-7-4-5-10-17(14)15/h4-10,13H,1-3H3,(H3,24,25,26,27,28,29). The van der Waals surface area contributed by atoms with Crippen molar-refractivity contribution in [2.24, 2.45) is 5.41 Å². The molecule has 0 unspecified atom stereocenters. The molecule has 3 N–H and O–H groups in total. The molecular weight excluding hydrogens is 364 g/mol. The number of fused-ring (bicyclic) bond motifs is 2. The van der Waals surface area contributed by atoms with Crippen LogP contribution in [0.5, 0.6) is 0 Å². The molecule has 0 fully saturated rings. The van der Waals surface area contributed by atoms with Crippen LogP contribution < -0.4 is 10.9 Å². The van der Waals surface area contributed by atoms with Gasteiger partial charge in [0.2, 0.25) is 11.9 Å². The van der Waals surface area contributed by atoms with E-state index in [1.165, 1.54) is 0 Å². The molecular formula is C23H20N4O2. The first kappa shape index (κ1) is 18.5. The molecule has 2 heterocycles. The van der Waals surface area contributed by atoms with E-state index in [2.05, 4.69) is 32.1 Å². The first-order valence-corrected chi connectivity index (χ1v) is 9.25. The number of anilines is 1. The highest BCUT2D eigenvalue weighted by atomic mass is 16.2. The van der Waals surface area contributed by atoms with Crippen molar-refractivity contribution in [1.29, 1.82) is 0 Å². The summed E-state index contributed by atoms with van der Waals surface area (Å²) >= 11 is 0. The molecule has 2 aromatic heterocycles. The zero-order valence-electron chi connectivity index (χ0n) is 16.4. The highest BCUT2D eigenvalue weighted by molar-refractivity contribution is 5.93. The van der Waals surface area contributed by atoms with Crippen LogP contribution in [0.1, 0.15) is 32.0 Å². The smallest absolute Gasteiger partial charge is 0.261 e. The second kappa shape index (κ2) is 6.95. The molecule has 0 saturated heterocycles. The van der Waals surface area contributed by atoms with E-state index in [-0.39, 0.29) is 17.4 Å². The number of H-pyrrole nitrogens is 2. The van der Waals surface area contributed by atoms with Gasteiger partial charge in [0.1, 0.15) is 5.65 Å². The Hall–Kier alpha value is -3.85. The third-order valence-corrected chi connectivity index (χ3v) is 4.53. The lowest BCUT2D eigenvalue weighted by molar-refractivity contribution is -0.123. The Morgan fingerprint density at radius 3 is 2.55 bits per heavy atom. The normalized spacial score (nSPS) is 11.3. The van der Waals surface area contributed by atoms with Gasteiger partial charge in [-0.15, -0.1) is 0 Å². The number of nitrogens with one attached hydrogen (secondary N) is 3. The van der Waals surface area contributed by atoms with Crippen LogP contribution in [0.3, 0.4) is 0 Å². The van der Waals surface area contributed by atoms with Crippen molar-refractivity contribution in [3.05, 3.63) is 70.1 Å². The molecule has 0 aliphatic rings. The minimum absolute atomic E-state index is 0.109. The maximum absolute atomic E-state index is 12.4. The highest BCUT2D eigenvalue weighted by Crippen LogP contribution is 2.18. The van der Waals surface area contributed by atoms with Crippen molar-refractivity contribution < 1.29 is 4.79 Å². The Morgan fingerprint density at radius 1 is 1.00 bits per heavy atom. The monoisotopic (exact) mass is 384 g/mol. The molecule has 6 nitrogen and oxygen atoms in total. The predicted molar refractivity (Wildman–Crippen MR) is 115 cm³/mol. The number of hydrogen-bond donors (Lipinski definition) is 3. The first-order valence-electron chi connectivity index (χ1n) is 9.25. The lowest BCUT2D eigenvalue weighted by Crippen LogP contribution is -2.29. The molecule has 2 aromatic carbocycles. The van der Waals surface area contributed by atoms with Crippen LogP contribution >= 0.6 is 0 Å². The van der Waals surface area contributed by atoms with Crippen LogP contribution in [0.15, 0.2) is 53.3 Å². The van der Waals surface area contributed by atoms with E-state index in [9.17, 15) is 9.59 Å². The fourth-order valence-corrected chi connectivity index (χ4v) is 2.91. The van der Waals surface area contributed by atoms with E-state index in [0.717, 1.165) is 16.3 Å². The number of aromatic nitrogens is 3. The zero-order chi connectivity index (χ0) is 20.6. The fraction of sp³-hybridized carbons (Fsp3) is 0.174. The third kappa shape index (κ3) is 3.76. The third-order valence-electron chi connectivity index (χ3n) is 4.53. The molecule has 0 radical (unpaired) electrons. The molecule has 4 rings (SSSR count). The lowest BCUT2D eigenvalue weighted by Gasteiger charge is -2.16. The number of hydrogen-bond acceptors (Lipinski definition) is 3. The van der Waals surface area contributed by atoms with Gasteiger partial charge in [-0.05, 0) is 28.8 Å². The van der Waals surface area contributed by atoms with Gasteiger partial charge in [0.15, 0.2) is 0 Å². The predicted octanol–water partition coefficient (Wildman–Crippen LogP) is 3.79. The number of amides is 1. The largest absolute Gasteiger partial charge is 0.332 e. The summed E-state index contributed by atoms with van der Waals surface area (Å²) in [4.78, 5) is 34.5. The zero-order valence-corrected chi connectivity index (χ0v) is 16.4. The van der Waals surface area contributed by atoms with E-state index < -0.39 is 5.41 Å². The Bertz CT molecular complexity index is 1360. The second-order valence-corrected chi connectivity index (χ2v) is 7.84. The van der Waals surface area contributed by atoms with Gasteiger partial charge in [0, 0.05) is 11.0 Å². The van der Waals surface area contributed by atoms with E-state index in [1.807, 2.05) is 42.5 Å². The Balaban J connectivity index is 1.70. The summed E-state index contributed by atoms with van der Waals surface area (Å²) in [5.41, 5.74) is 0.916. The summed E-state index contributed by atoms with van der Waals surface area (Å²) in [5, 5.41) is 5.22. The average Bonchev–Trinajstić information content (AvgIpc) is 3.09. The van der Waals surface area contributed by atoms with E-state index in [0.29, 0.717) is 16.7 Å². The van der Waals surface area contributed by atoms with Crippen molar-refractivity contribution in [1.82, 2.24) is 15.0 Å². The van der Waals surface area contributed by atoms with Gasteiger partial charge in [0.25, 0.3) is 5.56 Å². The van der Waals surface area contributed by atoms with Crippen LogP contribution in [0.25, 0.3) is 21.8 Å². The molecule has 144 valence electrons. The van der Waals surface area contributed by atoms with Crippen LogP contribution in [-0.2, 0) is 4.79 Å². The second-order valence-electron chi connectivity index (χ2n) is 7.84. The van der Waals surface area contributed by atoms with Gasteiger partial charge >= 0.3 is 0 Å². The summed E-state index contributed by atoms with van der Waals surface area (Å²) in [6.45, 7) is 5.36. The topological polar surface area (TPSA) is 90.6 Å². The van der Waals surface area contributed by atoms with Crippen LogP contribution in [0.2, 0.25) is 0 Å². The Labute approximate surface area is 167 Å². The van der Waals surface area contributed by atoms with Crippen LogP contribution in [0, 0.1) is 17.3 Å². The summed E-state index contributed by atoms with van der Waals surface area (Å²) in [5.74, 6) is 6.10. The van der Waals surface area contributed by atoms with Gasteiger partial charge in [-0.2, -0.15) is 4.98 Å². The molecule has 0 spiro atoms. The highest BCUT2D eigenvalue weighted by Gasteiger charge is 2.22. The number of aromatic amines is 2. The van der Waals surface area contributed by atoms with Gasteiger partial charge in [-0.1, -0.05) is 63.1 Å². The van der Waals surface area contributed by atoms with Crippen molar-refractivity contribution in [2.45, 2.75) is 20.8 Å². The fourth-order valence-electron chi connectivity index (χ4n) is 2.91. The van der Waals surface area contributed by atoms with Crippen LogP contribution in [-0.4, -0.2) is 20.9 Å². The van der Waals surface area contributed by atoms with Crippen molar-refractivity contribution >= 4 is 33.7 Å². The number of carbonyl (C=O) groups is 1. The van der Waals surface area contributed by atoms with Crippen molar-refractivity contribution in [3.8, 4) is 11.8 Å². The molecule has 4 aromatic rings. The molecule has 29 heavy (non-hydrogen) atoms. The van der Waals surface area contributed by atoms with Gasteiger partial charge < -0.3 is 4.98 Å². The molecule has 0 bridgehead atoms.